The zero-order chi connectivity index (χ0) is 13.9. The number of aromatic nitrogens is 3. The van der Waals surface area contributed by atoms with E-state index in [0.29, 0.717) is 12.5 Å². The highest BCUT2D eigenvalue weighted by Gasteiger charge is 2.42. The van der Waals surface area contributed by atoms with Crippen molar-refractivity contribution in [1.29, 1.82) is 0 Å². The Morgan fingerprint density at radius 1 is 1.21 bits per heavy atom. The zero-order valence-corrected chi connectivity index (χ0v) is 12.5. The summed E-state index contributed by atoms with van der Waals surface area (Å²) in [4.78, 5) is 3.98. The van der Waals surface area contributed by atoms with Gasteiger partial charge in [0.15, 0.2) is 0 Å². The summed E-state index contributed by atoms with van der Waals surface area (Å²) in [6, 6.07) is 0. The monoisotopic (exact) mass is 265 g/mol. The van der Waals surface area contributed by atoms with Crippen molar-refractivity contribution in [3.05, 3.63) is 12.7 Å². The van der Waals surface area contributed by atoms with E-state index in [1.165, 1.54) is 38.4 Å². The summed E-state index contributed by atoms with van der Waals surface area (Å²) in [6.45, 7) is 6.89. The third-order valence-corrected chi connectivity index (χ3v) is 4.64. The van der Waals surface area contributed by atoms with Crippen LogP contribution in [0.4, 0.5) is 0 Å². The molecule has 4 nitrogen and oxygen atoms in total. The van der Waals surface area contributed by atoms with Crippen LogP contribution in [0, 0.1) is 11.3 Å². The Balaban J connectivity index is 2.09. The molecule has 0 saturated heterocycles. The highest BCUT2D eigenvalue weighted by atomic mass is 16.3. The standard InChI is InChI=1S/C15H27N3O/c1-14(2,3)15(19,10-18-12-16-11-17-18)9-13-7-5-4-6-8-13/h11-13,19H,4-10H2,1-3H3. The molecule has 0 amide bonds. The SMILES string of the molecule is CC(C)(C)C(O)(CC1CCCCC1)Cn1cncn1. The van der Waals surface area contributed by atoms with Crippen LogP contribution in [0.25, 0.3) is 0 Å². The van der Waals surface area contributed by atoms with E-state index in [9.17, 15) is 5.11 Å². The third kappa shape index (κ3) is 3.56. The van der Waals surface area contributed by atoms with E-state index >= 15 is 0 Å². The van der Waals surface area contributed by atoms with Crippen LogP contribution >= 0.6 is 0 Å². The van der Waals surface area contributed by atoms with Crippen LogP contribution in [0.15, 0.2) is 12.7 Å². The Labute approximate surface area is 116 Å². The fourth-order valence-electron chi connectivity index (χ4n) is 3.06. The molecule has 0 bridgehead atoms. The highest BCUT2D eigenvalue weighted by molar-refractivity contribution is 4.92. The lowest BCUT2D eigenvalue weighted by molar-refractivity contribution is -0.0930. The number of rotatable bonds is 4. The van der Waals surface area contributed by atoms with Crippen LogP contribution < -0.4 is 0 Å². The molecule has 0 aliphatic heterocycles. The van der Waals surface area contributed by atoms with E-state index < -0.39 is 5.60 Å². The Morgan fingerprint density at radius 3 is 2.42 bits per heavy atom. The van der Waals surface area contributed by atoms with Crippen molar-refractivity contribution in [2.24, 2.45) is 11.3 Å². The van der Waals surface area contributed by atoms with Gasteiger partial charge in [0.2, 0.25) is 0 Å². The molecule has 2 rings (SSSR count). The topological polar surface area (TPSA) is 50.9 Å². The second-order valence-electron chi connectivity index (χ2n) is 7.08. The molecular formula is C15H27N3O. The minimum absolute atomic E-state index is 0.156. The lowest BCUT2D eigenvalue weighted by Gasteiger charge is -2.43. The van der Waals surface area contributed by atoms with E-state index in [0.717, 1.165) is 6.42 Å². The van der Waals surface area contributed by atoms with Gasteiger partial charge < -0.3 is 5.11 Å². The number of nitrogens with zero attached hydrogens (tertiary/aromatic N) is 3. The molecule has 1 atom stereocenters. The number of hydrogen-bond donors (Lipinski definition) is 1. The Morgan fingerprint density at radius 2 is 1.89 bits per heavy atom. The Kier molecular flexibility index (Phi) is 4.29. The van der Waals surface area contributed by atoms with Gasteiger partial charge in [-0.3, -0.25) is 4.68 Å². The van der Waals surface area contributed by atoms with Gasteiger partial charge in [-0.05, 0) is 17.8 Å². The summed E-state index contributed by atoms with van der Waals surface area (Å²) in [6.07, 6.45) is 10.6. The summed E-state index contributed by atoms with van der Waals surface area (Å²) in [5.41, 5.74) is -0.876. The Hall–Kier alpha value is -0.900. The van der Waals surface area contributed by atoms with Crippen LogP contribution in [0.1, 0.15) is 59.3 Å². The normalized spacial score (nSPS) is 21.3. The molecule has 0 spiro atoms. The second kappa shape index (κ2) is 5.61. The average molecular weight is 265 g/mol. The van der Waals surface area contributed by atoms with Crippen molar-refractivity contribution in [3.63, 3.8) is 0 Å². The summed E-state index contributed by atoms with van der Waals surface area (Å²) in [7, 11) is 0. The molecule has 1 unspecified atom stereocenters. The van der Waals surface area contributed by atoms with Gasteiger partial charge in [-0.25, -0.2) is 4.98 Å². The first-order valence-electron chi connectivity index (χ1n) is 7.45. The first-order valence-corrected chi connectivity index (χ1v) is 7.45. The highest BCUT2D eigenvalue weighted by Crippen LogP contribution is 2.40. The molecule has 1 aromatic heterocycles. The quantitative estimate of drug-likeness (QED) is 0.910. The zero-order valence-electron chi connectivity index (χ0n) is 12.5. The molecule has 1 N–H and O–H groups in total. The lowest BCUT2D eigenvalue weighted by atomic mass is 9.69. The number of hydrogen-bond acceptors (Lipinski definition) is 3. The van der Waals surface area contributed by atoms with Crippen LogP contribution in [0.5, 0.6) is 0 Å². The summed E-state index contributed by atoms with van der Waals surface area (Å²) < 4.78 is 1.76. The van der Waals surface area contributed by atoms with Gasteiger partial charge in [-0.15, -0.1) is 0 Å². The van der Waals surface area contributed by atoms with Crippen molar-refractivity contribution in [3.8, 4) is 0 Å². The van der Waals surface area contributed by atoms with Crippen LogP contribution in [-0.2, 0) is 6.54 Å². The molecule has 1 saturated carbocycles. The summed E-state index contributed by atoms with van der Waals surface area (Å²) in [5, 5.41) is 15.3. The van der Waals surface area contributed by atoms with E-state index in [-0.39, 0.29) is 5.41 Å². The Bertz CT molecular complexity index is 377. The van der Waals surface area contributed by atoms with E-state index in [2.05, 4.69) is 30.9 Å². The largest absolute Gasteiger partial charge is 0.387 e. The molecule has 1 fully saturated rings. The summed E-state index contributed by atoms with van der Waals surface area (Å²) in [5.74, 6) is 0.654. The molecule has 1 aliphatic rings. The molecule has 1 heterocycles. The maximum absolute atomic E-state index is 11.2. The smallest absolute Gasteiger partial charge is 0.137 e. The van der Waals surface area contributed by atoms with Gasteiger partial charge in [0, 0.05) is 0 Å². The minimum atomic E-state index is -0.720. The van der Waals surface area contributed by atoms with Crippen molar-refractivity contribution < 1.29 is 5.11 Å². The fraction of sp³-hybridized carbons (Fsp3) is 0.867. The molecule has 0 radical (unpaired) electrons. The molecule has 1 aliphatic carbocycles. The van der Waals surface area contributed by atoms with Crippen molar-refractivity contribution in [2.75, 3.05) is 0 Å². The number of aliphatic hydroxyl groups is 1. The van der Waals surface area contributed by atoms with Crippen LogP contribution in [-0.4, -0.2) is 25.5 Å². The van der Waals surface area contributed by atoms with E-state index in [1.807, 2.05) is 0 Å². The van der Waals surface area contributed by atoms with Gasteiger partial charge in [-0.2, -0.15) is 5.10 Å². The van der Waals surface area contributed by atoms with Crippen molar-refractivity contribution >= 4 is 0 Å². The maximum atomic E-state index is 11.2. The van der Waals surface area contributed by atoms with Gasteiger partial charge >= 0.3 is 0 Å². The molecule has 19 heavy (non-hydrogen) atoms. The van der Waals surface area contributed by atoms with Crippen LogP contribution in [0.3, 0.4) is 0 Å². The molecular weight excluding hydrogens is 238 g/mol. The molecule has 108 valence electrons. The molecule has 1 aromatic rings. The predicted molar refractivity (Wildman–Crippen MR) is 75.6 cm³/mol. The van der Waals surface area contributed by atoms with Crippen molar-refractivity contribution in [2.45, 2.75) is 71.4 Å². The minimum Gasteiger partial charge on any atom is -0.387 e. The van der Waals surface area contributed by atoms with Crippen LogP contribution in [0.2, 0.25) is 0 Å². The maximum Gasteiger partial charge on any atom is 0.137 e. The average Bonchev–Trinajstić information content (AvgIpc) is 2.81. The lowest BCUT2D eigenvalue weighted by Crippen LogP contribution is -2.48. The second-order valence-corrected chi connectivity index (χ2v) is 7.08. The predicted octanol–water partition coefficient (Wildman–Crippen LogP) is 3.03. The van der Waals surface area contributed by atoms with Gasteiger partial charge in [0.1, 0.15) is 12.7 Å². The molecule has 0 aromatic carbocycles. The van der Waals surface area contributed by atoms with Gasteiger partial charge in [0.25, 0.3) is 0 Å². The first-order chi connectivity index (χ1) is 8.91. The van der Waals surface area contributed by atoms with Gasteiger partial charge in [-0.1, -0.05) is 52.9 Å². The third-order valence-electron chi connectivity index (χ3n) is 4.64. The summed E-state index contributed by atoms with van der Waals surface area (Å²) >= 11 is 0. The van der Waals surface area contributed by atoms with Gasteiger partial charge in [0.05, 0.1) is 12.1 Å². The fourth-order valence-corrected chi connectivity index (χ4v) is 3.06. The molecule has 4 heteroatoms. The first kappa shape index (κ1) is 14.5. The van der Waals surface area contributed by atoms with E-state index in [4.69, 9.17) is 0 Å². The van der Waals surface area contributed by atoms with E-state index in [1.54, 1.807) is 11.0 Å². The van der Waals surface area contributed by atoms with Crippen molar-refractivity contribution in [1.82, 2.24) is 14.8 Å².